The molecular weight excluding hydrogens is 264 g/mol. The highest BCUT2D eigenvalue weighted by atomic mass is 16.5. The lowest BCUT2D eigenvalue weighted by atomic mass is 9.79. The summed E-state index contributed by atoms with van der Waals surface area (Å²) in [6.45, 7) is 5.59. The maximum atomic E-state index is 12.5. The molecule has 2 aliphatic rings. The molecule has 1 aromatic rings. The Balaban J connectivity index is 1.62. The van der Waals surface area contributed by atoms with Crippen LogP contribution in [-0.4, -0.2) is 25.2 Å². The van der Waals surface area contributed by atoms with Gasteiger partial charge in [-0.3, -0.25) is 4.79 Å². The maximum absolute atomic E-state index is 12.5. The van der Waals surface area contributed by atoms with E-state index in [0.717, 1.165) is 49.4 Å². The fourth-order valence-corrected chi connectivity index (χ4v) is 3.41. The van der Waals surface area contributed by atoms with Crippen molar-refractivity contribution < 1.29 is 9.53 Å². The van der Waals surface area contributed by atoms with Gasteiger partial charge in [0.15, 0.2) is 0 Å². The number of aryl methyl sites for hydroxylation is 1. The molecule has 1 aromatic carbocycles. The average molecular weight is 288 g/mol. The fourth-order valence-electron chi connectivity index (χ4n) is 3.41. The van der Waals surface area contributed by atoms with Crippen molar-refractivity contribution in [2.45, 2.75) is 45.6 Å². The van der Waals surface area contributed by atoms with E-state index in [4.69, 9.17) is 10.5 Å². The van der Waals surface area contributed by atoms with Crippen LogP contribution in [-0.2, 0) is 16.0 Å². The summed E-state index contributed by atoms with van der Waals surface area (Å²) in [5, 5.41) is 0. The molecule has 4 heteroatoms. The molecule has 0 unspecified atom stereocenters. The molecule has 1 aliphatic heterocycles. The van der Waals surface area contributed by atoms with E-state index in [1.54, 1.807) is 0 Å². The minimum atomic E-state index is 0.233. The SMILES string of the molecule is CCOC1CC(CC(=O)N2CCc3cc(C)c(N)cc32)C1. The van der Waals surface area contributed by atoms with Gasteiger partial charge in [-0.1, -0.05) is 6.07 Å². The van der Waals surface area contributed by atoms with Gasteiger partial charge in [-0.15, -0.1) is 0 Å². The van der Waals surface area contributed by atoms with Gasteiger partial charge in [-0.05, 0) is 56.2 Å². The number of hydrogen-bond donors (Lipinski definition) is 1. The minimum Gasteiger partial charge on any atom is -0.398 e. The van der Waals surface area contributed by atoms with Gasteiger partial charge in [-0.2, -0.15) is 0 Å². The molecule has 1 aliphatic carbocycles. The Morgan fingerprint density at radius 3 is 2.90 bits per heavy atom. The van der Waals surface area contributed by atoms with Crippen LogP contribution in [0.25, 0.3) is 0 Å². The topological polar surface area (TPSA) is 55.6 Å². The first-order valence-electron chi connectivity index (χ1n) is 7.89. The summed E-state index contributed by atoms with van der Waals surface area (Å²) in [5.41, 5.74) is 10.1. The Bertz CT molecular complexity index is 550. The number of rotatable bonds is 4. The molecule has 3 rings (SSSR count). The Labute approximate surface area is 126 Å². The normalized spacial score (nSPS) is 23.8. The van der Waals surface area contributed by atoms with Crippen molar-refractivity contribution >= 4 is 17.3 Å². The Morgan fingerprint density at radius 2 is 2.19 bits per heavy atom. The van der Waals surface area contributed by atoms with Crippen LogP contribution in [0.5, 0.6) is 0 Å². The van der Waals surface area contributed by atoms with Crippen molar-refractivity contribution in [3.63, 3.8) is 0 Å². The lowest BCUT2D eigenvalue weighted by Gasteiger charge is -2.35. The first-order valence-corrected chi connectivity index (χ1v) is 7.89. The maximum Gasteiger partial charge on any atom is 0.227 e. The number of hydrogen-bond acceptors (Lipinski definition) is 3. The van der Waals surface area contributed by atoms with Crippen molar-refractivity contribution in [3.05, 3.63) is 23.3 Å². The molecule has 1 fully saturated rings. The predicted octanol–water partition coefficient (Wildman–Crippen LogP) is 2.67. The first-order chi connectivity index (χ1) is 10.1. The number of nitrogens with two attached hydrogens (primary N) is 1. The van der Waals surface area contributed by atoms with E-state index in [1.807, 2.05) is 24.8 Å². The van der Waals surface area contributed by atoms with Crippen LogP contribution in [0.4, 0.5) is 11.4 Å². The van der Waals surface area contributed by atoms with Crippen LogP contribution in [0.3, 0.4) is 0 Å². The summed E-state index contributed by atoms with van der Waals surface area (Å²) in [4.78, 5) is 14.4. The third kappa shape index (κ3) is 2.77. The van der Waals surface area contributed by atoms with Gasteiger partial charge in [0.2, 0.25) is 5.91 Å². The number of anilines is 2. The van der Waals surface area contributed by atoms with Gasteiger partial charge in [0.05, 0.1) is 6.10 Å². The van der Waals surface area contributed by atoms with Gasteiger partial charge in [-0.25, -0.2) is 0 Å². The fraction of sp³-hybridized carbons (Fsp3) is 0.588. The Kier molecular flexibility index (Phi) is 3.89. The second kappa shape index (κ2) is 5.68. The van der Waals surface area contributed by atoms with E-state index in [9.17, 15) is 4.79 Å². The predicted molar refractivity (Wildman–Crippen MR) is 84.4 cm³/mol. The Hall–Kier alpha value is -1.55. The number of benzene rings is 1. The summed E-state index contributed by atoms with van der Waals surface area (Å²) in [6, 6.07) is 4.08. The van der Waals surface area contributed by atoms with E-state index in [0.29, 0.717) is 18.4 Å². The number of nitrogens with zero attached hydrogens (tertiary/aromatic N) is 1. The van der Waals surface area contributed by atoms with E-state index in [2.05, 4.69) is 6.07 Å². The molecule has 1 saturated carbocycles. The number of fused-ring (bicyclic) bond motifs is 1. The molecule has 2 N–H and O–H groups in total. The van der Waals surface area contributed by atoms with E-state index in [-0.39, 0.29) is 5.91 Å². The van der Waals surface area contributed by atoms with Gasteiger partial charge >= 0.3 is 0 Å². The van der Waals surface area contributed by atoms with E-state index < -0.39 is 0 Å². The van der Waals surface area contributed by atoms with E-state index >= 15 is 0 Å². The molecule has 4 nitrogen and oxygen atoms in total. The quantitative estimate of drug-likeness (QED) is 0.867. The lowest BCUT2D eigenvalue weighted by molar-refractivity contribution is -0.121. The monoisotopic (exact) mass is 288 g/mol. The molecule has 1 heterocycles. The number of carbonyl (C=O) groups is 1. The molecule has 21 heavy (non-hydrogen) atoms. The molecule has 114 valence electrons. The Morgan fingerprint density at radius 1 is 1.43 bits per heavy atom. The summed E-state index contributed by atoms with van der Waals surface area (Å²) >= 11 is 0. The zero-order valence-electron chi connectivity index (χ0n) is 12.9. The smallest absolute Gasteiger partial charge is 0.227 e. The third-order valence-electron chi connectivity index (χ3n) is 4.72. The number of nitrogen functional groups attached to an aromatic ring is 1. The van der Waals surface area contributed by atoms with Crippen LogP contribution in [0.1, 0.15) is 37.3 Å². The number of carbonyl (C=O) groups excluding carboxylic acids is 1. The van der Waals surface area contributed by atoms with Crippen LogP contribution in [0, 0.1) is 12.8 Å². The highest BCUT2D eigenvalue weighted by Crippen LogP contribution is 2.36. The minimum absolute atomic E-state index is 0.233. The molecule has 0 saturated heterocycles. The molecule has 0 atom stereocenters. The zero-order valence-corrected chi connectivity index (χ0v) is 12.9. The molecule has 0 spiro atoms. The van der Waals surface area contributed by atoms with Gasteiger partial charge < -0.3 is 15.4 Å². The second-order valence-corrected chi connectivity index (χ2v) is 6.25. The van der Waals surface area contributed by atoms with Crippen molar-refractivity contribution in [1.82, 2.24) is 0 Å². The highest BCUT2D eigenvalue weighted by molar-refractivity contribution is 5.96. The lowest BCUT2D eigenvalue weighted by Crippen LogP contribution is -2.37. The number of ether oxygens (including phenoxy) is 1. The van der Waals surface area contributed by atoms with Gasteiger partial charge in [0.25, 0.3) is 0 Å². The third-order valence-corrected chi connectivity index (χ3v) is 4.72. The second-order valence-electron chi connectivity index (χ2n) is 6.25. The van der Waals surface area contributed by atoms with Gasteiger partial charge in [0.1, 0.15) is 0 Å². The molecule has 0 radical (unpaired) electrons. The van der Waals surface area contributed by atoms with E-state index in [1.165, 1.54) is 5.56 Å². The zero-order chi connectivity index (χ0) is 15.0. The van der Waals surface area contributed by atoms with Crippen molar-refractivity contribution in [2.24, 2.45) is 5.92 Å². The van der Waals surface area contributed by atoms with Crippen LogP contribution in [0.15, 0.2) is 12.1 Å². The van der Waals surface area contributed by atoms with Gasteiger partial charge in [0, 0.05) is 30.9 Å². The summed E-state index contributed by atoms with van der Waals surface area (Å²) in [5.74, 6) is 0.720. The highest BCUT2D eigenvalue weighted by Gasteiger charge is 2.34. The molecular formula is C17H24N2O2. The molecule has 0 aromatic heterocycles. The summed E-state index contributed by atoms with van der Waals surface area (Å²) < 4.78 is 5.56. The van der Waals surface area contributed by atoms with Crippen LogP contribution in [0.2, 0.25) is 0 Å². The van der Waals surface area contributed by atoms with Crippen LogP contribution < -0.4 is 10.6 Å². The first kappa shape index (κ1) is 14.4. The van der Waals surface area contributed by atoms with Crippen LogP contribution >= 0.6 is 0 Å². The van der Waals surface area contributed by atoms with Crippen molar-refractivity contribution in [1.29, 1.82) is 0 Å². The number of amides is 1. The summed E-state index contributed by atoms with van der Waals surface area (Å²) in [7, 11) is 0. The largest absolute Gasteiger partial charge is 0.398 e. The van der Waals surface area contributed by atoms with Crippen molar-refractivity contribution in [2.75, 3.05) is 23.8 Å². The average Bonchev–Trinajstić information content (AvgIpc) is 2.79. The molecule has 1 amide bonds. The standard InChI is InChI=1S/C17H24N2O2/c1-3-21-14-7-12(8-14)9-17(20)19-5-4-13-6-11(2)15(18)10-16(13)19/h6,10,12,14H,3-5,7-9,18H2,1-2H3. The summed E-state index contributed by atoms with van der Waals surface area (Å²) in [6.07, 6.45) is 4.00. The molecule has 0 bridgehead atoms. The van der Waals surface area contributed by atoms with Crippen molar-refractivity contribution in [3.8, 4) is 0 Å².